The van der Waals surface area contributed by atoms with Gasteiger partial charge < -0.3 is 14.2 Å². The van der Waals surface area contributed by atoms with E-state index in [1.807, 2.05) is 0 Å². The van der Waals surface area contributed by atoms with E-state index in [2.05, 4.69) is 0 Å². The van der Waals surface area contributed by atoms with Gasteiger partial charge in [0.15, 0.2) is 0 Å². The summed E-state index contributed by atoms with van der Waals surface area (Å²) in [6.07, 6.45) is -2.05. The van der Waals surface area contributed by atoms with Gasteiger partial charge >= 0.3 is 18.2 Å². The molecule has 0 heterocycles. The van der Waals surface area contributed by atoms with E-state index in [1.165, 1.54) is 25.3 Å². The van der Waals surface area contributed by atoms with E-state index >= 15 is 0 Å². The molecule has 8 heteroatoms. The number of imide groups is 1. The Balaban J connectivity index is 3.53. The number of esters is 1. The number of para-hydroxylation sites is 1. The molecule has 0 spiro atoms. The molecular weight excluding hydrogens is 362 g/mol. The zero-order chi connectivity index (χ0) is 20.3. The Kier molecular flexibility index (Phi) is 6.65. The zero-order valence-corrected chi connectivity index (χ0v) is 16.8. The molecule has 1 rings (SSSR count). The largest absolute Gasteiger partial charge is 0.465 e. The van der Waals surface area contributed by atoms with E-state index in [4.69, 9.17) is 25.8 Å². The summed E-state index contributed by atoms with van der Waals surface area (Å²) in [7, 11) is 1.18. The number of methoxy groups -OCH3 is 1. The van der Waals surface area contributed by atoms with Gasteiger partial charge in [0.2, 0.25) is 0 Å². The second-order valence-corrected chi connectivity index (χ2v) is 7.83. The van der Waals surface area contributed by atoms with Crippen molar-refractivity contribution in [2.45, 2.75) is 52.7 Å². The number of nitrogens with zero attached hydrogens (tertiary/aromatic N) is 1. The van der Waals surface area contributed by atoms with E-state index < -0.39 is 29.4 Å². The lowest BCUT2D eigenvalue weighted by Crippen LogP contribution is -2.44. The van der Waals surface area contributed by atoms with Crippen LogP contribution in [0.4, 0.5) is 15.3 Å². The molecule has 1 aromatic carbocycles. The highest BCUT2D eigenvalue weighted by atomic mass is 35.5. The predicted molar refractivity (Wildman–Crippen MR) is 97.7 cm³/mol. The minimum atomic E-state index is -1.02. The Morgan fingerprint density at radius 3 is 1.77 bits per heavy atom. The molecule has 7 nitrogen and oxygen atoms in total. The van der Waals surface area contributed by atoms with E-state index in [0.29, 0.717) is 4.90 Å². The number of ether oxygens (including phenoxy) is 3. The van der Waals surface area contributed by atoms with Crippen molar-refractivity contribution in [2.75, 3.05) is 12.0 Å². The molecule has 0 N–H and O–H groups in total. The maximum Gasteiger partial charge on any atom is 0.424 e. The van der Waals surface area contributed by atoms with Crippen molar-refractivity contribution in [2.24, 2.45) is 0 Å². The average molecular weight is 386 g/mol. The van der Waals surface area contributed by atoms with Gasteiger partial charge in [0.05, 0.1) is 23.4 Å². The Bertz CT molecular complexity index is 675. The van der Waals surface area contributed by atoms with Crippen LogP contribution in [0.1, 0.15) is 51.9 Å². The van der Waals surface area contributed by atoms with Crippen LogP contribution in [-0.4, -0.2) is 36.5 Å². The van der Waals surface area contributed by atoms with Crippen molar-refractivity contribution < 1.29 is 28.6 Å². The number of hydrogen-bond acceptors (Lipinski definition) is 6. The summed E-state index contributed by atoms with van der Waals surface area (Å²) >= 11 is 6.19. The van der Waals surface area contributed by atoms with Crippen LogP contribution in [0.15, 0.2) is 18.2 Å². The number of carbonyl (C=O) groups excluding carboxylic acids is 3. The van der Waals surface area contributed by atoms with Gasteiger partial charge in [-0.1, -0.05) is 17.7 Å². The molecule has 0 saturated carbocycles. The van der Waals surface area contributed by atoms with E-state index in [-0.39, 0.29) is 16.3 Å². The zero-order valence-electron chi connectivity index (χ0n) is 16.0. The van der Waals surface area contributed by atoms with Crippen LogP contribution in [0, 0.1) is 0 Å². The fourth-order valence-electron chi connectivity index (χ4n) is 1.89. The summed E-state index contributed by atoms with van der Waals surface area (Å²) in [5, 5.41) is -0.00961. The third kappa shape index (κ3) is 5.91. The lowest BCUT2D eigenvalue weighted by atomic mass is 10.1. The van der Waals surface area contributed by atoms with Gasteiger partial charge in [-0.25, -0.2) is 14.4 Å². The summed E-state index contributed by atoms with van der Waals surface area (Å²) in [6, 6.07) is 4.32. The molecule has 0 bridgehead atoms. The molecule has 0 aromatic heterocycles. The Morgan fingerprint density at radius 2 is 1.38 bits per heavy atom. The van der Waals surface area contributed by atoms with Crippen LogP contribution in [0.5, 0.6) is 0 Å². The topological polar surface area (TPSA) is 82.1 Å². The Hall–Kier alpha value is -2.28. The normalized spacial score (nSPS) is 11.5. The van der Waals surface area contributed by atoms with E-state index in [1.54, 1.807) is 41.5 Å². The van der Waals surface area contributed by atoms with Crippen LogP contribution in [0.3, 0.4) is 0 Å². The Morgan fingerprint density at radius 1 is 0.923 bits per heavy atom. The summed E-state index contributed by atoms with van der Waals surface area (Å²) in [5.74, 6) is -0.764. The monoisotopic (exact) mass is 385 g/mol. The maximum atomic E-state index is 12.7. The van der Waals surface area contributed by atoms with Gasteiger partial charge in [0.1, 0.15) is 11.2 Å². The minimum Gasteiger partial charge on any atom is -0.465 e. The number of amides is 2. The summed E-state index contributed by atoms with van der Waals surface area (Å²) in [5.41, 5.74) is -2.00. The van der Waals surface area contributed by atoms with Crippen LogP contribution in [-0.2, 0) is 14.2 Å². The molecule has 0 fully saturated rings. The number of anilines is 1. The van der Waals surface area contributed by atoms with Crippen molar-refractivity contribution in [3.05, 3.63) is 28.8 Å². The molecule has 0 atom stereocenters. The number of hydrogen-bond donors (Lipinski definition) is 0. The van der Waals surface area contributed by atoms with E-state index in [0.717, 1.165) is 0 Å². The molecule has 26 heavy (non-hydrogen) atoms. The highest BCUT2D eigenvalue weighted by Gasteiger charge is 2.36. The first kappa shape index (κ1) is 21.8. The second kappa shape index (κ2) is 7.95. The van der Waals surface area contributed by atoms with Gasteiger partial charge in [0.25, 0.3) is 0 Å². The molecule has 1 aromatic rings. The standard InChI is InChI=1S/C18H24ClNO6/c1-17(2,3)25-15(22)20(16(23)26-18(4,5)6)13-11(14(21)24-7)9-8-10-12(13)19/h8-10H,1-7H3. The summed E-state index contributed by atoms with van der Waals surface area (Å²) in [6.45, 7) is 9.87. The number of rotatable bonds is 2. The number of carbonyl (C=O) groups is 3. The van der Waals surface area contributed by atoms with Crippen LogP contribution >= 0.6 is 11.6 Å². The SMILES string of the molecule is COC(=O)c1cccc(Cl)c1N(C(=O)OC(C)(C)C)C(=O)OC(C)(C)C. The van der Waals surface area contributed by atoms with Gasteiger partial charge in [-0.3, -0.25) is 0 Å². The molecule has 2 amide bonds. The van der Waals surface area contributed by atoms with Gasteiger partial charge in [0, 0.05) is 0 Å². The van der Waals surface area contributed by atoms with Crippen LogP contribution in [0.2, 0.25) is 5.02 Å². The van der Waals surface area contributed by atoms with Crippen molar-refractivity contribution in [3.8, 4) is 0 Å². The number of halogens is 1. The minimum absolute atomic E-state index is 0.00961. The highest BCUT2D eigenvalue weighted by molar-refractivity contribution is 6.36. The smallest absolute Gasteiger partial charge is 0.424 e. The molecule has 0 radical (unpaired) electrons. The molecule has 0 unspecified atom stereocenters. The molecule has 0 aliphatic carbocycles. The van der Waals surface area contributed by atoms with Gasteiger partial charge in [-0.2, -0.15) is 4.90 Å². The quantitative estimate of drug-likeness (QED) is 0.537. The van der Waals surface area contributed by atoms with E-state index in [9.17, 15) is 14.4 Å². The molecule has 0 saturated heterocycles. The second-order valence-electron chi connectivity index (χ2n) is 7.42. The lowest BCUT2D eigenvalue weighted by Gasteiger charge is -2.29. The number of benzene rings is 1. The fraction of sp³-hybridized carbons (Fsp3) is 0.500. The van der Waals surface area contributed by atoms with Crippen LogP contribution < -0.4 is 4.90 Å². The Labute approximate surface area is 158 Å². The van der Waals surface area contributed by atoms with Gasteiger partial charge in [-0.15, -0.1) is 0 Å². The molecule has 144 valence electrons. The highest BCUT2D eigenvalue weighted by Crippen LogP contribution is 2.33. The van der Waals surface area contributed by atoms with Crippen molar-refractivity contribution in [1.82, 2.24) is 0 Å². The first-order chi connectivity index (χ1) is 11.8. The summed E-state index contributed by atoms with van der Waals surface area (Å²) in [4.78, 5) is 38.1. The van der Waals surface area contributed by atoms with Crippen LogP contribution in [0.25, 0.3) is 0 Å². The summed E-state index contributed by atoms with van der Waals surface area (Å²) < 4.78 is 15.3. The van der Waals surface area contributed by atoms with Gasteiger partial charge in [-0.05, 0) is 53.7 Å². The molecule has 0 aliphatic rings. The molecule has 0 aliphatic heterocycles. The first-order valence-electron chi connectivity index (χ1n) is 7.90. The fourth-order valence-corrected chi connectivity index (χ4v) is 2.15. The maximum absolute atomic E-state index is 12.7. The predicted octanol–water partition coefficient (Wildman–Crippen LogP) is 4.80. The average Bonchev–Trinajstić information content (AvgIpc) is 2.44. The third-order valence-electron chi connectivity index (χ3n) is 2.77. The van der Waals surface area contributed by atoms with Crippen molar-refractivity contribution >= 4 is 35.4 Å². The van der Waals surface area contributed by atoms with Crippen molar-refractivity contribution in [3.63, 3.8) is 0 Å². The third-order valence-corrected chi connectivity index (χ3v) is 3.07. The van der Waals surface area contributed by atoms with Crippen molar-refractivity contribution in [1.29, 1.82) is 0 Å². The lowest BCUT2D eigenvalue weighted by molar-refractivity contribution is 0.0430. The first-order valence-corrected chi connectivity index (χ1v) is 8.27. The molecular formula is C18H24ClNO6.